The average Bonchev–Trinajstić information content (AvgIpc) is 3.10. The number of hydrogen-bond acceptors (Lipinski definition) is 8. The summed E-state index contributed by atoms with van der Waals surface area (Å²) in [6.45, 7) is 7.23. The Hall–Kier alpha value is -5.76. The highest BCUT2D eigenvalue weighted by molar-refractivity contribution is 5.84. The van der Waals surface area contributed by atoms with Crippen LogP contribution < -0.4 is 18.9 Å². The normalized spacial score (nSPS) is 12.0. The van der Waals surface area contributed by atoms with Gasteiger partial charge < -0.3 is 28.4 Å². The lowest BCUT2D eigenvalue weighted by Crippen LogP contribution is -2.30. The lowest BCUT2D eigenvalue weighted by molar-refractivity contribution is -0.147. The van der Waals surface area contributed by atoms with Crippen LogP contribution in [0.1, 0.15) is 0 Å². The Morgan fingerprint density at radius 1 is 0.478 bits per heavy atom. The Balaban J connectivity index is 1.14. The number of benzene rings is 5. The zero-order valence-electron chi connectivity index (χ0n) is 25.2. The Bertz CT molecular complexity index is 1660. The fraction of sp³-hybridized carbons (Fsp3) is 0.158. The van der Waals surface area contributed by atoms with E-state index in [9.17, 15) is 9.59 Å². The lowest BCUT2D eigenvalue weighted by Gasteiger charge is -2.19. The van der Waals surface area contributed by atoms with Crippen LogP contribution in [0, 0.1) is 0 Å². The van der Waals surface area contributed by atoms with E-state index in [-0.39, 0.29) is 26.4 Å². The van der Waals surface area contributed by atoms with Gasteiger partial charge in [0, 0.05) is 12.2 Å². The predicted octanol–water partition coefficient (Wildman–Crippen LogP) is 7.10. The average molecular weight is 619 g/mol. The molecular weight excluding hydrogens is 584 g/mol. The monoisotopic (exact) mass is 618 g/mol. The summed E-state index contributed by atoms with van der Waals surface area (Å²) in [5.74, 6) is 1.23. The van der Waals surface area contributed by atoms with Crippen molar-refractivity contribution in [3.05, 3.63) is 135 Å². The van der Waals surface area contributed by atoms with Gasteiger partial charge in [-0.2, -0.15) is 0 Å². The van der Waals surface area contributed by atoms with E-state index in [0.717, 1.165) is 33.7 Å². The molecule has 46 heavy (non-hydrogen) atoms. The van der Waals surface area contributed by atoms with Crippen LogP contribution in [0.3, 0.4) is 0 Å². The molecule has 2 unspecified atom stereocenters. The van der Waals surface area contributed by atoms with E-state index in [1.807, 2.05) is 84.9 Å². The predicted molar refractivity (Wildman–Crippen MR) is 176 cm³/mol. The molecule has 0 aliphatic carbocycles. The van der Waals surface area contributed by atoms with Crippen LogP contribution in [0.2, 0.25) is 0 Å². The van der Waals surface area contributed by atoms with Crippen molar-refractivity contribution in [3.8, 4) is 23.0 Å². The van der Waals surface area contributed by atoms with Crippen molar-refractivity contribution in [3.63, 3.8) is 0 Å². The highest BCUT2D eigenvalue weighted by atomic mass is 16.6. The van der Waals surface area contributed by atoms with Gasteiger partial charge in [0.2, 0.25) is 0 Å². The van der Waals surface area contributed by atoms with Crippen LogP contribution in [0.15, 0.2) is 135 Å². The summed E-state index contributed by atoms with van der Waals surface area (Å²) in [4.78, 5) is 23.9. The smallest absolute Gasteiger partial charge is 0.330 e. The molecule has 0 aliphatic heterocycles. The summed E-state index contributed by atoms with van der Waals surface area (Å²) in [6, 6.07) is 34.4. The molecule has 0 saturated carbocycles. The second kappa shape index (κ2) is 15.8. The van der Waals surface area contributed by atoms with E-state index in [1.54, 1.807) is 24.3 Å². The Labute approximate surface area is 267 Å². The first-order chi connectivity index (χ1) is 22.5. The van der Waals surface area contributed by atoms with Crippen molar-refractivity contribution in [2.45, 2.75) is 12.2 Å². The molecule has 234 valence electrons. The van der Waals surface area contributed by atoms with E-state index in [2.05, 4.69) is 13.2 Å². The maximum Gasteiger partial charge on any atom is 0.330 e. The first kappa shape index (κ1) is 31.7. The third-order valence-corrected chi connectivity index (χ3v) is 6.91. The lowest BCUT2D eigenvalue weighted by atomic mass is 10.1. The van der Waals surface area contributed by atoms with Gasteiger partial charge in [-0.1, -0.05) is 73.8 Å². The molecule has 5 aromatic carbocycles. The molecule has 5 aromatic rings. The minimum Gasteiger partial charge on any atom is -0.490 e. The molecule has 0 aromatic heterocycles. The molecule has 8 heteroatoms. The number of ether oxygens (including phenoxy) is 6. The molecule has 0 radical (unpaired) electrons. The third kappa shape index (κ3) is 9.12. The van der Waals surface area contributed by atoms with Crippen LogP contribution in [0.25, 0.3) is 21.5 Å². The maximum absolute atomic E-state index is 11.9. The van der Waals surface area contributed by atoms with E-state index in [0.29, 0.717) is 23.0 Å². The number of rotatable bonds is 16. The topological polar surface area (TPSA) is 89.5 Å². The van der Waals surface area contributed by atoms with Crippen LogP contribution in [-0.2, 0) is 19.1 Å². The Morgan fingerprint density at radius 3 is 1.17 bits per heavy atom. The van der Waals surface area contributed by atoms with Crippen LogP contribution >= 0.6 is 0 Å². The third-order valence-electron chi connectivity index (χ3n) is 6.91. The Morgan fingerprint density at radius 2 is 0.804 bits per heavy atom. The van der Waals surface area contributed by atoms with Gasteiger partial charge in [-0.05, 0) is 70.1 Å². The molecule has 0 bridgehead atoms. The van der Waals surface area contributed by atoms with Crippen molar-refractivity contribution in [2.24, 2.45) is 0 Å². The van der Waals surface area contributed by atoms with Crippen molar-refractivity contribution in [2.75, 3.05) is 26.4 Å². The molecule has 5 rings (SSSR count). The van der Waals surface area contributed by atoms with Crippen LogP contribution in [0.5, 0.6) is 23.0 Å². The molecule has 8 nitrogen and oxygen atoms in total. The fourth-order valence-electron chi connectivity index (χ4n) is 4.56. The van der Waals surface area contributed by atoms with Crippen molar-refractivity contribution in [1.82, 2.24) is 0 Å². The van der Waals surface area contributed by atoms with Gasteiger partial charge in [0.15, 0.2) is 12.2 Å². The molecule has 0 heterocycles. The highest BCUT2D eigenvalue weighted by Crippen LogP contribution is 2.23. The standard InChI is InChI=1S/C38H34O8/c1-3-37(39)45-35(25-43-33-15-13-27-9-5-7-11-29(27)21-33)23-41-31-17-19-32(20-18-31)42-24-36(46-38(40)4-2)26-44-34-16-14-28-10-6-8-12-30(28)22-34/h3-22,35-36H,1-2,23-26H2. The number of esters is 2. The van der Waals surface area contributed by atoms with E-state index >= 15 is 0 Å². The maximum atomic E-state index is 11.9. The second-order valence-electron chi connectivity index (χ2n) is 10.3. The quantitative estimate of drug-likeness (QED) is 0.0855. The molecule has 0 saturated heterocycles. The first-order valence-corrected chi connectivity index (χ1v) is 14.7. The largest absolute Gasteiger partial charge is 0.490 e. The minimum atomic E-state index is -0.684. The number of fused-ring (bicyclic) bond motifs is 2. The van der Waals surface area contributed by atoms with Gasteiger partial charge in [-0.15, -0.1) is 0 Å². The highest BCUT2D eigenvalue weighted by Gasteiger charge is 2.17. The van der Waals surface area contributed by atoms with Crippen molar-refractivity contribution < 1.29 is 38.0 Å². The van der Waals surface area contributed by atoms with Gasteiger partial charge in [-0.25, -0.2) is 9.59 Å². The SMILES string of the molecule is C=CC(=O)OC(COc1ccc(OCC(COc2ccc3ccccc3c2)OC(=O)C=C)cc1)COc1ccc2ccccc2c1. The summed E-state index contributed by atoms with van der Waals surface area (Å²) in [6.07, 6.45) is 0.829. The summed E-state index contributed by atoms with van der Waals surface area (Å²) >= 11 is 0. The molecule has 0 spiro atoms. The summed E-state index contributed by atoms with van der Waals surface area (Å²) in [7, 11) is 0. The zero-order valence-corrected chi connectivity index (χ0v) is 25.2. The summed E-state index contributed by atoms with van der Waals surface area (Å²) < 4.78 is 34.5. The minimum absolute atomic E-state index is 0.0546. The van der Waals surface area contributed by atoms with Gasteiger partial charge in [-0.3, -0.25) is 0 Å². The van der Waals surface area contributed by atoms with Crippen molar-refractivity contribution >= 4 is 33.5 Å². The van der Waals surface area contributed by atoms with Gasteiger partial charge >= 0.3 is 11.9 Å². The zero-order chi connectivity index (χ0) is 32.1. The summed E-state index contributed by atoms with van der Waals surface area (Å²) in [5, 5.41) is 4.28. The number of hydrogen-bond donors (Lipinski definition) is 0. The number of carbonyl (C=O) groups is 2. The molecule has 0 aliphatic rings. The van der Waals surface area contributed by atoms with Crippen molar-refractivity contribution in [1.29, 1.82) is 0 Å². The molecule has 2 atom stereocenters. The fourth-order valence-corrected chi connectivity index (χ4v) is 4.56. The molecular formula is C38H34O8. The number of carbonyl (C=O) groups excluding carboxylic acids is 2. The first-order valence-electron chi connectivity index (χ1n) is 14.7. The molecule has 0 N–H and O–H groups in total. The van der Waals surface area contributed by atoms with Gasteiger partial charge in [0.1, 0.15) is 49.4 Å². The van der Waals surface area contributed by atoms with Gasteiger partial charge in [0.05, 0.1) is 0 Å². The summed E-state index contributed by atoms with van der Waals surface area (Å²) in [5.41, 5.74) is 0. The van der Waals surface area contributed by atoms with E-state index < -0.39 is 24.1 Å². The molecule has 0 amide bonds. The van der Waals surface area contributed by atoms with Gasteiger partial charge in [0.25, 0.3) is 0 Å². The Kier molecular flexibility index (Phi) is 10.9. The van der Waals surface area contributed by atoms with Crippen LogP contribution in [-0.4, -0.2) is 50.6 Å². The molecule has 0 fully saturated rings. The van der Waals surface area contributed by atoms with E-state index in [1.165, 1.54) is 0 Å². The van der Waals surface area contributed by atoms with Crippen LogP contribution in [0.4, 0.5) is 0 Å². The van der Waals surface area contributed by atoms with E-state index in [4.69, 9.17) is 28.4 Å². The second-order valence-corrected chi connectivity index (χ2v) is 10.3.